The van der Waals surface area contributed by atoms with Gasteiger partial charge in [0.1, 0.15) is 36.9 Å². The highest BCUT2D eigenvalue weighted by Crippen LogP contribution is 2.33. The van der Waals surface area contributed by atoms with Gasteiger partial charge < -0.3 is 38.3 Å². The summed E-state index contributed by atoms with van der Waals surface area (Å²) in [6.07, 6.45) is -1.44. The zero-order valence-corrected chi connectivity index (χ0v) is 35.0. The van der Waals surface area contributed by atoms with E-state index in [2.05, 4.69) is 43.2 Å². The monoisotopic (exact) mass is 816 g/mol. The normalized spacial score (nSPS) is 14.6. The first-order chi connectivity index (χ1) is 29.1. The summed E-state index contributed by atoms with van der Waals surface area (Å²) in [5.74, 6) is 0.404. The van der Waals surface area contributed by atoms with E-state index < -0.39 is 12.2 Å². The van der Waals surface area contributed by atoms with E-state index >= 15 is 0 Å². The zero-order valence-electron chi connectivity index (χ0n) is 35.0. The lowest BCUT2D eigenvalue weighted by Crippen LogP contribution is -2.51. The molecule has 0 unspecified atom stereocenters. The first kappa shape index (κ1) is 42.5. The van der Waals surface area contributed by atoms with Crippen LogP contribution in [0.3, 0.4) is 0 Å². The van der Waals surface area contributed by atoms with Crippen molar-refractivity contribution in [2.45, 2.75) is 53.0 Å². The van der Waals surface area contributed by atoms with Crippen LogP contribution in [0.25, 0.3) is 21.8 Å². The molecule has 2 aromatic heterocycles. The Kier molecular flexibility index (Phi) is 13.9. The molecule has 1 aliphatic rings. The molecule has 1 saturated heterocycles. The number of aromatic nitrogens is 2. The first-order valence-electron chi connectivity index (χ1n) is 20.9. The van der Waals surface area contributed by atoms with E-state index in [1.165, 1.54) is 0 Å². The maximum Gasteiger partial charge on any atom is 0.340 e. The van der Waals surface area contributed by atoms with E-state index in [0.29, 0.717) is 48.8 Å². The molecule has 0 spiro atoms. The number of esters is 2. The number of carbonyl (C=O) groups is 2. The summed E-state index contributed by atoms with van der Waals surface area (Å²) >= 11 is 0. The van der Waals surface area contributed by atoms with Crippen LogP contribution in [0.15, 0.2) is 97.1 Å². The third kappa shape index (κ3) is 9.85. The molecule has 6 aromatic rings. The molecule has 1 fully saturated rings. The van der Waals surface area contributed by atoms with Crippen LogP contribution >= 0.6 is 0 Å². The summed E-state index contributed by atoms with van der Waals surface area (Å²) < 4.78 is 27.3. The Bertz CT molecular complexity index is 2220. The van der Waals surface area contributed by atoms with Crippen LogP contribution in [0.1, 0.15) is 57.1 Å². The number of nitrogens with zero attached hydrogens (tertiary/aromatic N) is 4. The largest absolute Gasteiger partial charge is 0.491 e. The second kappa shape index (κ2) is 19.6. The molecule has 2 N–H and O–H groups in total. The summed E-state index contributed by atoms with van der Waals surface area (Å²) in [6, 6.07) is 31.6. The minimum Gasteiger partial charge on any atom is -0.491 e. The molecule has 12 nitrogen and oxygen atoms in total. The van der Waals surface area contributed by atoms with Gasteiger partial charge in [-0.25, -0.2) is 9.59 Å². The standard InChI is InChI=1S/C48H56N4O8/c1-5-57-47(55)45-33(3)51(27-35-13-9-7-10-14-35)43-19-17-39(25-41(43)45)59-31-37(53)29-49-21-23-50(24-22-49)30-38(54)32-60-40-18-20-44-42(26-40)46(48(56)58-6-2)34(4)52(44)28-36-15-11-8-12-16-36/h7-20,25-26,37-38,53-54H,5-6,21-24,27-32H2,1-4H3/t37-,38-/m0/s1. The molecule has 3 heterocycles. The van der Waals surface area contributed by atoms with Crippen molar-refractivity contribution in [3.05, 3.63) is 131 Å². The third-order valence-electron chi connectivity index (χ3n) is 11.2. The SMILES string of the molecule is CCOC(=O)c1c(C)n(Cc2ccccc2)c2ccc(OC[C@@H](O)CN3CCN(C[C@H](O)COc4ccc5c(c4)c(C(=O)OCC)c(C)n5Cc4ccccc4)CC3)cc12. The number of hydrogen-bond acceptors (Lipinski definition) is 10. The van der Waals surface area contributed by atoms with Crippen molar-refractivity contribution in [1.29, 1.82) is 0 Å². The summed E-state index contributed by atoms with van der Waals surface area (Å²) in [5, 5.41) is 23.5. The van der Waals surface area contributed by atoms with Gasteiger partial charge in [0.25, 0.3) is 0 Å². The lowest BCUT2D eigenvalue weighted by molar-refractivity contribution is 0.0241. The number of carbonyl (C=O) groups excluding carboxylic acids is 2. The molecule has 0 radical (unpaired) electrons. The number of rotatable bonds is 18. The fraction of sp³-hybridized carbons (Fsp3) is 0.375. The minimum atomic E-state index is -0.721. The summed E-state index contributed by atoms with van der Waals surface area (Å²) in [6.45, 7) is 13.3. The van der Waals surface area contributed by atoms with Gasteiger partial charge in [-0.3, -0.25) is 9.80 Å². The maximum atomic E-state index is 13.1. The average Bonchev–Trinajstić information content (AvgIpc) is 3.68. The Morgan fingerprint density at radius 1 is 0.583 bits per heavy atom. The zero-order chi connectivity index (χ0) is 42.2. The van der Waals surface area contributed by atoms with Crippen LogP contribution < -0.4 is 9.47 Å². The molecule has 4 aromatic carbocycles. The molecule has 316 valence electrons. The van der Waals surface area contributed by atoms with Crippen LogP contribution in [0.2, 0.25) is 0 Å². The van der Waals surface area contributed by atoms with Gasteiger partial charge in [-0.2, -0.15) is 0 Å². The lowest BCUT2D eigenvalue weighted by Gasteiger charge is -2.36. The molecule has 1 aliphatic heterocycles. The Balaban J connectivity index is 0.900. The number of hydrogen-bond donors (Lipinski definition) is 2. The average molecular weight is 817 g/mol. The van der Waals surface area contributed by atoms with Crippen LogP contribution in [0.4, 0.5) is 0 Å². The molecule has 0 saturated carbocycles. The number of aliphatic hydroxyl groups excluding tert-OH is 2. The van der Waals surface area contributed by atoms with E-state index in [9.17, 15) is 19.8 Å². The predicted molar refractivity (Wildman–Crippen MR) is 232 cm³/mol. The Hall–Kier alpha value is -5.66. The van der Waals surface area contributed by atoms with Crippen molar-refractivity contribution in [2.24, 2.45) is 0 Å². The van der Waals surface area contributed by atoms with Crippen molar-refractivity contribution in [2.75, 3.05) is 65.7 Å². The third-order valence-corrected chi connectivity index (χ3v) is 11.2. The molecule has 0 amide bonds. The highest BCUT2D eigenvalue weighted by Gasteiger charge is 2.25. The molecule has 0 bridgehead atoms. The minimum absolute atomic E-state index is 0.102. The van der Waals surface area contributed by atoms with E-state index in [4.69, 9.17) is 18.9 Å². The highest BCUT2D eigenvalue weighted by atomic mass is 16.5. The van der Waals surface area contributed by atoms with Gasteiger partial charge in [-0.15, -0.1) is 0 Å². The van der Waals surface area contributed by atoms with E-state index in [-0.39, 0.29) is 38.4 Å². The van der Waals surface area contributed by atoms with Crippen LogP contribution in [-0.2, 0) is 22.6 Å². The van der Waals surface area contributed by atoms with Crippen molar-refractivity contribution in [3.63, 3.8) is 0 Å². The maximum absolute atomic E-state index is 13.1. The first-order valence-corrected chi connectivity index (χ1v) is 20.9. The van der Waals surface area contributed by atoms with Gasteiger partial charge in [0, 0.05) is 85.6 Å². The van der Waals surface area contributed by atoms with Gasteiger partial charge in [0.15, 0.2) is 0 Å². The molecular formula is C48H56N4O8. The molecule has 60 heavy (non-hydrogen) atoms. The van der Waals surface area contributed by atoms with Gasteiger partial charge in [0.05, 0.1) is 24.3 Å². The molecule has 0 aliphatic carbocycles. The van der Waals surface area contributed by atoms with Gasteiger partial charge in [-0.05, 0) is 75.2 Å². The predicted octanol–water partition coefficient (Wildman–Crippen LogP) is 6.46. The Morgan fingerprint density at radius 3 is 1.33 bits per heavy atom. The molecule has 7 rings (SSSR count). The van der Waals surface area contributed by atoms with Crippen molar-refractivity contribution in [3.8, 4) is 11.5 Å². The smallest absolute Gasteiger partial charge is 0.340 e. The second-order valence-electron chi connectivity index (χ2n) is 15.4. The van der Waals surface area contributed by atoms with Crippen molar-refractivity contribution in [1.82, 2.24) is 18.9 Å². The van der Waals surface area contributed by atoms with Gasteiger partial charge in [0.2, 0.25) is 0 Å². The van der Waals surface area contributed by atoms with Gasteiger partial charge >= 0.3 is 11.9 Å². The number of benzene rings is 4. The summed E-state index contributed by atoms with van der Waals surface area (Å²) in [4.78, 5) is 30.6. The van der Waals surface area contributed by atoms with Crippen LogP contribution in [0, 0.1) is 13.8 Å². The van der Waals surface area contributed by atoms with E-state index in [1.54, 1.807) is 13.8 Å². The van der Waals surface area contributed by atoms with E-state index in [0.717, 1.165) is 70.5 Å². The van der Waals surface area contributed by atoms with Crippen LogP contribution in [0.5, 0.6) is 11.5 Å². The van der Waals surface area contributed by atoms with E-state index in [1.807, 2.05) is 86.6 Å². The fourth-order valence-electron chi connectivity index (χ4n) is 8.20. The fourth-order valence-corrected chi connectivity index (χ4v) is 8.20. The van der Waals surface area contributed by atoms with Crippen molar-refractivity contribution < 1.29 is 38.7 Å². The number of β-amino-alcohol motifs (C(OH)–C–C–N with tert-alkyl or cyclic N) is 2. The lowest BCUT2D eigenvalue weighted by atomic mass is 10.1. The van der Waals surface area contributed by atoms with Crippen LogP contribution in [-0.4, -0.2) is 119 Å². The Morgan fingerprint density at radius 2 is 0.967 bits per heavy atom. The number of fused-ring (bicyclic) bond motifs is 2. The summed E-state index contributed by atoms with van der Waals surface area (Å²) in [5.41, 5.74) is 6.77. The topological polar surface area (TPSA) is 128 Å². The molecule has 12 heteroatoms. The second-order valence-corrected chi connectivity index (χ2v) is 15.4. The number of aliphatic hydroxyl groups is 2. The number of piperazine rings is 1. The molecule has 2 atom stereocenters. The number of ether oxygens (including phenoxy) is 4. The Labute approximate surface area is 351 Å². The quantitative estimate of drug-likeness (QED) is 0.0934. The summed E-state index contributed by atoms with van der Waals surface area (Å²) in [7, 11) is 0. The van der Waals surface area contributed by atoms with Crippen molar-refractivity contribution >= 4 is 33.7 Å². The molecular weight excluding hydrogens is 761 g/mol. The van der Waals surface area contributed by atoms with Gasteiger partial charge in [-0.1, -0.05) is 60.7 Å². The highest BCUT2D eigenvalue weighted by molar-refractivity contribution is 6.07.